The van der Waals surface area contributed by atoms with Crippen molar-refractivity contribution in [2.75, 3.05) is 11.1 Å². The molecule has 1 aliphatic carbocycles. The highest BCUT2D eigenvalue weighted by Gasteiger charge is 2.30. The molecule has 1 amide bonds. The Balaban J connectivity index is 1.89. The van der Waals surface area contributed by atoms with Crippen LogP contribution in [0, 0.1) is 18.6 Å². The predicted molar refractivity (Wildman–Crippen MR) is 74.0 cm³/mol. The number of nitrogens with two attached hydrogens (primary N) is 1. The van der Waals surface area contributed by atoms with Gasteiger partial charge in [-0.05, 0) is 31.4 Å². The van der Waals surface area contributed by atoms with Gasteiger partial charge in [0.15, 0.2) is 11.5 Å². The van der Waals surface area contributed by atoms with Crippen LogP contribution in [0.4, 0.5) is 20.2 Å². The van der Waals surface area contributed by atoms with Gasteiger partial charge in [-0.1, -0.05) is 6.07 Å². The molecule has 0 saturated heterocycles. The Hall–Kier alpha value is -2.44. The summed E-state index contributed by atoms with van der Waals surface area (Å²) in [4.78, 5) is 12.1. The molecular formula is C14H14F2N4O. The highest BCUT2D eigenvalue weighted by molar-refractivity contribution is 6.06. The molecule has 1 aromatic heterocycles. The topological polar surface area (TPSA) is 83.8 Å². The number of hydrogen-bond acceptors (Lipinski definition) is 3. The fourth-order valence-corrected chi connectivity index (χ4v) is 2.16. The third-order valence-corrected chi connectivity index (χ3v) is 3.56. The molecule has 0 atom stereocenters. The van der Waals surface area contributed by atoms with E-state index >= 15 is 0 Å². The largest absolute Gasteiger partial charge is 0.395 e. The van der Waals surface area contributed by atoms with Crippen LogP contribution in [-0.4, -0.2) is 16.1 Å². The Morgan fingerprint density at radius 1 is 1.43 bits per heavy atom. The Morgan fingerprint density at radius 2 is 2.14 bits per heavy atom. The number of aromatic amines is 1. The van der Waals surface area contributed by atoms with E-state index in [0.29, 0.717) is 11.6 Å². The summed E-state index contributed by atoms with van der Waals surface area (Å²) < 4.78 is 27.5. The number of benzene rings is 1. The number of hydrogen-bond donors (Lipinski definition) is 3. The van der Waals surface area contributed by atoms with Gasteiger partial charge in [0.1, 0.15) is 11.5 Å². The molecule has 0 unspecified atom stereocenters. The maximum atomic E-state index is 13.9. The maximum Gasteiger partial charge on any atom is 0.278 e. The summed E-state index contributed by atoms with van der Waals surface area (Å²) in [5.74, 6) is -2.09. The van der Waals surface area contributed by atoms with Crippen molar-refractivity contribution >= 4 is 17.3 Å². The summed E-state index contributed by atoms with van der Waals surface area (Å²) in [6, 6.07) is 2.39. The molecule has 0 radical (unpaired) electrons. The van der Waals surface area contributed by atoms with Gasteiger partial charge in [0.25, 0.3) is 5.91 Å². The molecule has 0 aliphatic heterocycles. The van der Waals surface area contributed by atoms with E-state index in [9.17, 15) is 13.6 Å². The number of anilines is 2. The molecule has 1 heterocycles. The summed E-state index contributed by atoms with van der Waals surface area (Å²) in [7, 11) is 0. The number of nitrogens with zero attached hydrogens (tertiary/aromatic N) is 1. The van der Waals surface area contributed by atoms with E-state index in [-0.39, 0.29) is 16.9 Å². The van der Waals surface area contributed by atoms with Gasteiger partial charge < -0.3 is 11.1 Å². The van der Waals surface area contributed by atoms with Crippen LogP contribution in [0.25, 0.3) is 0 Å². The zero-order chi connectivity index (χ0) is 15.1. The molecule has 0 spiro atoms. The van der Waals surface area contributed by atoms with Crippen molar-refractivity contribution in [3.05, 3.63) is 40.7 Å². The van der Waals surface area contributed by atoms with Crippen LogP contribution in [0.1, 0.15) is 40.5 Å². The molecule has 1 aliphatic rings. The minimum absolute atomic E-state index is 0.0443. The molecule has 1 saturated carbocycles. The number of nitrogens with one attached hydrogen (secondary N) is 2. The monoisotopic (exact) mass is 292 g/mol. The fourth-order valence-electron chi connectivity index (χ4n) is 2.16. The highest BCUT2D eigenvalue weighted by atomic mass is 19.1. The number of aromatic nitrogens is 2. The number of carbonyl (C=O) groups is 1. The molecule has 21 heavy (non-hydrogen) atoms. The zero-order valence-electron chi connectivity index (χ0n) is 11.3. The molecule has 5 nitrogen and oxygen atoms in total. The Kier molecular flexibility index (Phi) is 3.12. The fraction of sp³-hybridized carbons (Fsp3) is 0.286. The first-order valence-corrected chi connectivity index (χ1v) is 6.58. The van der Waals surface area contributed by atoms with Gasteiger partial charge in [-0.25, -0.2) is 8.78 Å². The van der Waals surface area contributed by atoms with Crippen LogP contribution in [0.15, 0.2) is 12.1 Å². The van der Waals surface area contributed by atoms with Gasteiger partial charge in [0.2, 0.25) is 0 Å². The molecule has 110 valence electrons. The average Bonchev–Trinajstić information content (AvgIpc) is 3.22. The first-order chi connectivity index (χ1) is 9.99. The summed E-state index contributed by atoms with van der Waals surface area (Å²) >= 11 is 0. The van der Waals surface area contributed by atoms with Gasteiger partial charge in [-0.15, -0.1) is 0 Å². The Labute approximate surface area is 119 Å². The first-order valence-electron chi connectivity index (χ1n) is 6.58. The lowest BCUT2D eigenvalue weighted by Gasteiger charge is -2.08. The zero-order valence-corrected chi connectivity index (χ0v) is 11.3. The van der Waals surface area contributed by atoms with Crippen LogP contribution in [0.3, 0.4) is 0 Å². The molecule has 2 aromatic rings. The minimum Gasteiger partial charge on any atom is -0.395 e. The van der Waals surface area contributed by atoms with E-state index < -0.39 is 23.2 Å². The minimum atomic E-state index is -0.844. The van der Waals surface area contributed by atoms with Gasteiger partial charge in [0.05, 0.1) is 11.4 Å². The van der Waals surface area contributed by atoms with Crippen LogP contribution in [0.2, 0.25) is 0 Å². The van der Waals surface area contributed by atoms with E-state index in [1.165, 1.54) is 13.0 Å². The SMILES string of the molecule is Cc1ccc(F)c(NC(=O)c2n[nH]c(C3CC3)c2N)c1F. The maximum absolute atomic E-state index is 13.9. The number of H-pyrrole nitrogens is 1. The number of aryl methyl sites for hydroxylation is 1. The summed E-state index contributed by atoms with van der Waals surface area (Å²) in [6.45, 7) is 1.48. The molecule has 3 rings (SSSR count). The predicted octanol–water partition coefficient (Wildman–Crippen LogP) is 2.71. The van der Waals surface area contributed by atoms with Crippen molar-refractivity contribution in [3.8, 4) is 0 Å². The lowest BCUT2D eigenvalue weighted by molar-refractivity contribution is 0.102. The Morgan fingerprint density at radius 3 is 2.81 bits per heavy atom. The quantitative estimate of drug-likeness (QED) is 0.813. The van der Waals surface area contributed by atoms with E-state index in [2.05, 4.69) is 15.5 Å². The van der Waals surface area contributed by atoms with Gasteiger partial charge in [0, 0.05) is 5.92 Å². The molecular weight excluding hydrogens is 278 g/mol. The highest BCUT2D eigenvalue weighted by Crippen LogP contribution is 2.42. The van der Waals surface area contributed by atoms with Gasteiger partial charge in [-0.3, -0.25) is 9.89 Å². The van der Waals surface area contributed by atoms with Crippen molar-refractivity contribution in [2.24, 2.45) is 0 Å². The van der Waals surface area contributed by atoms with Crippen LogP contribution < -0.4 is 11.1 Å². The summed E-state index contributed by atoms with van der Waals surface area (Å²) in [6.07, 6.45) is 1.99. The van der Waals surface area contributed by atoms with Crippen molar-refractivity contribution in [1.82, 2.24) is 10.2 Å². The molecule has 7 heteroatoms. The normalized spacial score (nSPS) is 14.2. The third kappa shape index (κ3) is 2.35. The van der Waals surface area contributed by atoms with Crippen LogP contribution >= 0.6 is 0 Å². The molecule has 0 bridgehead atoms. The van der Waals surface area contributed by atoms with E-state index in [0.717, 1.165) is 18.9 Å². The van der Waals surface area contributed by atoms with E-state index in [1.54, 1.807) is 0 Å². The van der Waals surface area contributed by atoms with E-state index in [1.807, 2.05) is 0 Å². The summed E-state index contributed by atoms with van der Waals surface area (Å²) in [5, 5.41) is 8.77. The number of carbonyl (C=O) groups excluding carboxylic acids is 1. The van der Waals surface area contributed by atoms with Crippen LogP contribution in [-0.2, 0) is 0 Å². The number of halogens is 2. The lowest BCUT2D eigenvalue weighted by Crippen LogP contribution is -2.16. The third-order valence-electron chi connectivity index (χ3n) is 3.56. The van der Waals surface area contributed by atoms with Crippen molar-refractivity contribution in [3.63, 3.8) is 0 Å². The summed E-state index contributed by atoms with van der Waals surface area (Å²) in [5.41, 5.74) is 6.52. The number of rotatable bonds is 3. The first kappa shape index (κ1) is 13.5. The number of nitrogen functional groups attached to an aromatic ring is 1. The van der Waals surface area contributed by atoms with Crippen molar-refractivity contribution < 1.29 is 13.6 Å². The van der Waals surface area contributed by atoms with Gasteiger partial charge in [-0.2, -0.15) is 5.10 Å². The second-order valence-corrected chi connectivity index (χ2v) is 5.18. The lowest BCUT2D eigenvalue weighted by atomic mass is 10.2. The Bertz CT molecular complexity index is 722. The smallest absolute Gasteiger partial charge is 0.278 e. The second kappa shape index (κ2) is 4.83. The number of amides is 1. The van der Waals surface area contributed by atoms with Crippen molar-refractivity contribution in [2.45, 2.75) is 25.7 Å². The van der Waals surface area contributed by atoms with Crippen LogP contribution in [0.5, 0.6) is 0 Å². The van der Waals surface area contributed by atoms with Crippen molar-refractivity contribution in [1.29, 1.82) is 0 Å². The second-order valence-electron chi connectivity index (χ2n) is 5.18. The van der Waals surface area contributed by atoms with E-state index in [4.69, 9.17) is 5.73 Å². The molecule has 1 fully saturated rings. The molecule has 1 aromatic carbocycles. The van der Waals surface area contributed by atoms with Gasteiger partial charge >= 0.3 is 0 Å². The average molecular weight is 292 g/mol. The molecule has 4 N–H and O–H groups in total. The standard InChI is InChI=1S/C14H14F2N4O/c1-6-2-5-8(15)12(9(6)16)18-14(21)13-10(17)11(19-20-13)7-3-4-7/h2,5,7H,3-4,17H2,1H3,(H,18,21)(H,19,20).